The van der Waals surface area contributed by atoms with Gasteiger partial charge in [-0.25, -0.2) is 13.2 Å². The molecule has 8 N–H and O–H groups in total. The van der Waals surface area contributed by atoms with Crippen LogP contribution in [0.15, 0.2) is 30.3 Å². The first-order chi connectivity index (χ1) is 22.2. The monoisotopic (exact) mass is 699 g/mol. The number of amides is 5. The van der Waals surface area contributed by atoms with Gasteiger partial charge in [0.2, 0.25) is 23.6 Å². The van der Waals surface area contributed by atoms with E-state index in [9.17, 15) is 42.6 Å². The van der Waals surface area contributed by atoms with E-state index in [2.05, 4.69) is 26.6 Å². The molecule has 5 amide bonds. The number of sulfone groups is 1. The van der Waals surface area contributed by atoms with Crippen molar-refractivity contribution in [2.75, 3.05) is 12.0 Å². The van der Waals surface area contributed by atoms with E-state index >= 15 is 0 Å². The molecule has 0 heterocycles. The number of hydrogen-bond acceptors (Lipinski definition) is 9. The van der Waals surface area contributed by atoms with Crippen molar-refractivity contribution >= 4 is 39.6 Å². The van der Waals surface area contributed by atoms with Crippen molar-refractivity contribution in [3.63, 3.8) is 0 Å². The van der Waals surface area contributed by atoms with E-state index in [1.165, 1.54) is 13.8 Å². The zero-order valence-corrected chi connectivity index (χ0v) is 29.5. The molecule has 16 heteroatoms. The Balaban J connectivity index is 3.05. The maximum absolute atomic E-state index is 13.5. The SMILES string of the molecule is CC(C)C[C@H](NC(=O)[C@H](CCS(C)(=O)=O)NC(=O)[C@@H](NC(=O)O)C(C)C)C(O)C[C@@H](C)C(=O)N[C@@H](C(=O)NCc1ccccc1)[C@@H](C)O. The molecule has 1 aromatic carbocycles. The van der Waals surface area contributed by atoms with Crippen LogP contribution >= 0.6 is 0 Å². The second-order valence-electron chi connectivity index (χ2n) is 13.0. The number of nitrogens with one attached hydrogen (secondary N) is 5. The summed E-state index contributed by atoms with van der Waals surface area (Å²) in [4.78, 5) is 63.5. The van der Waals surface area contributed by atoms with Gasteiger partial charge >= 0.3 is 6.09 Å². The number of carboxylic acid groups (broad SMARTS) is 1. The second kappa shape index (κ2) is 19.9. The lowest BCUT2D eigenvalue weighted by atomic mass is 9.92. The Bertz CT molecular complexity index is 1320. The van der Waals surface area contributed by atoms with Gasteiger partial charge in [0.1, 0.15) is 28.0 Å². The molecule has 0 radical (unpaired) electrons. The third-order valence-electron chi connectivity index (χ3n) is 7.57. The van der Waals surface area contributed by atoms with Crippen molar-refractivity contribution in [1.29, 1.82) is 0 Å². The van der Waals surface area contributed by atoms with Crippen LogP contribution in [0.1, 0.15) is 66.4 Å². The zero-order chi connectivity index (χ0) is 36.8. The highest BCUT2D eigenvalue weighted by Gasteiger charge is 2.34. The van der Waals surface area contributed by atoms with Gasteiger partial charge in [0.25, 0.3) is 0 Å². The Morgan fingerprint density at radius 3 is 1.85 bits per heavy atom. The molecular formula is C32H53N5O10S. The number of hydrogen-bond donors (Lipinski definition) is 8. The molecule has 48 heavy (non-hydrogen) atoms. The molecule has 272 valence electrons. The first kappa shape index (κ1) is 42.3. The number of carbonyl (C=O) groups is 5. The molecule has 0 aliphatic rings. The molecule has 15 nitrogen and oxygen atoms in total. The number of aliphatic hydroxyl groups is 2. The van der Waals surface area contributed by atoms with Crippen LogP contribution < -0.4 is 26.6 Å². The number of carbonyl (C=O) groups excluding carboxylic acids is 4. The van der Waals surface area contributed by atoms with Crippen LogP contribution in [-0.2, 0) is 35.6 Å². The summed E-state index contributed by atoms with van der Waals surface area (Å²) in [5.41, 5.74) is 0.825. The van der Waals surface area contributed by atoms with E-state index in [0.29, 0.717) is 0 Å². The summed E-state index contributed by atoms with van der Waals surface area (Å²) in [6.45, 7) is 9.94. The highest BCUT2D eigenvalue weighted by molar-refractivity contribution is 7.90. The highest BCUT2D eigenvalue weighted by atomic mass is 32.2. The fourth-order valence-corrected chi connectivity index (χ4v) is 5.53. The van der Waals surface area contributed by atoms with Gasteiger partial charge in [0, 0.05) is 18.7 Å². The van der Waals surface area contributed by atoms with Crippen LogP contribution in [0.3, 0.4) is 0 Å². The van der Waals surface area contributed by atoms with Crippen molar-refractivity contribution in [3.05, 3.63) is 35.9 Å². The van der Waals surface area contributed by atoms with E-state index in [1.807, 2.05) is 44.2 Å². The summed E-state index contributed by atoms with van der Waals surface area (Å²) in [6.07, 6.45) is -3.20. The van der Waals surface area contributed by atoms with Gasteiger partial charge in [0.05, 0.1) is 24.0 Å². The van der Waals surface area contributed by atoms with Gasteiger partial charge in [-0.3, -0.25) is 19.2 Å². The summed E-state index contributed by atoms with van der Waals surface area (Å²) < 4.78 is 23.8. The van der Waals surface area contributed by atoms with Crippen molar-refractivity contribution in [2.24, 2.45) is 17.8 Å². The molecule has 0 saturated heterocycles. The minimum Gasteiger partial charge on any atom is -0.465 e. The summed E-state index contributed by atoms with van der Waals surface area (Å²) in [6, 6.07) is 4.28. The van der Waals surface area contributed by atoms with Crippen molar-refractivity contribution in [1.82, 2.24) is 26.6 Å². The molecule has 0 saturated carbocycles. The Morgan fingerprint density at radius 1 is 0.750 bits per heavy atom. The fraction of sp³-hybridized carbons (Fsp3) is 0.656. The lowest BCUT2D eigenvalue weighted by Gasteiger charge is -2.30. The maximum atomic E-state index is 13.5. The van der Waals surface area contributed by atoms with E-state index in [0.717, 1.165) is 11.8 Å². The molecule has 0 spiro atoms. The predicted molar refractivity (Wildman–Crippen MR) is 179 cm³/mol. The lowest BCUT2D eigenvalue weighted by Crippen LogP contribution is -2.57. The largest absolute Gasteiger partial charge is 0.465 e. The molecule has 1 unspecified atom stereocenters. The summed E-state index contributed by atoms with van der Waals surface area (Å²) in [7, 11) is -3.55. The number of rotatable bonds is 20. The number of aliphatic hydroxyl groups excluding tert-OH is 2. The van der Waals surface area contributed by atoms with Crippen LogP contribution in [0.25, 0.3) is 0 Å². The maximum Gasteiger partial charge on any atom is 0.405 e. The normalized spacial score (nSPS) is 16.1. The average Bonchev–Trinajstić information content (AvgIpc) is 2.98. The van der Waals surface area contributed by atoms with Crippen LogP contribution in [0, 0.1) is 17.8 Å². The van der Waals surface area contributed by atoms with E-state index < -0.39 is 93.5 Å². The lowest BCUT2D eigenvalue weighted by molar-refractivity contribution is -0.134. The van der Waals surface area contributed by atoms with Gasteiger partial charge in [-0.1, -0.05) is 65.0 Å². The predicted octanol–water partition coefficient (Wildman–Crippen LogP) is 0.298. The molecule has 0 bridgehead atoms. The Hall–Kier alpha value is -3.76. The van der Waals surface area contributed by atoms with E-state index in [4.69, 9.17) is 5.11 Å². The quantitative estimate of drug-likeness (QED) is 0.0926. The third-order valence-corrected chi connectivity index (χ3v) is 8.55. The average molecular weight is 700 g/mol. The number of benzene rings is 1. The smallest absolute Gasteiger partial charge is 0.405 e. The second-order valence-corrected chi connectivity index (χ2v) is 15.3. The highest BCUT2D eigenvalue weighted by Crippen LogP contribution is 2.17. The molecule has 0 aliphatic heterocycles. The van der Waals surface area contributed by atoms with Crippen LogP contribution in [0.4, 0.5) is 4.79 Å². The summed E-state index contributed by atoms with van der Waals surface area (Å²) in [5, 5.41) is 43.0. The van der Waals surface area contributed by atoms with Crippen LogP contribution in [0.2, 0.25) is 0 Å². The first-order valence-corrected chi connectivity index (χ1v) is 18.0. The van der Waals surface area contributed by atoms with Gasteiger partial charge < -0.3 is 41.9 Å². The molecule has 1 rings (SSSR count). The Morgan fingerprint density at radius 2 is 1.35 bits per heavy atom. The van der Waals surface area contributed by atoms with E-state index in [-0.39, 0.29) is 31.7 Å². The minimum absolute atomic E-state index is 0.0452. The van der Waals surface area contributed by atoms with Crippen molar-refractivity contribution in [2.45, 2.75) is 104 Å². The standard InChI is InChI=1S/C32H53N5O10S/c1-18(2)15-24(35-29(41)23(13-14-48(7,46)47)34-31(43)26(19(3)4)37-32(44)45)25(39)16-20(5)28(40)36-27(21(6)38)30(42)33-17-22-11-9-8-10-12-22/h8-12,18-21,23-27,37-39H,13-17H2,1-7H3,(H,33,42)(H,34,43)(H,35,41)(H,36,40)(H,44,45)/t20-,21-,23+,24+,25?,26+,27-/m1/s1. The molecule has 0 aliphatic carbocycles. The zero-order valence-electron chi connectivity index (χ0n) is 28.7. The summed E-state index contributed by atoms with van der Waals surface area (Å²) >= 11 is 0. The Kier molecular flexibility index (Phi) is 17.5. The molecular weight excluding hydrogens is 646 g/mol. The van der Waals surface area contributed by atoms with Gasteiger partial charge in [-0.05, 0) is 43.6 Å². The molecule has 0 fully saturated rings. The third kappa shape index (κ3) is 15.9. The fourth-order valence-electron chi connectivity index (χ4n) is 4.86. The van der Waals surface area contributed by atoms with Gasteiger partial charge in [0.15, 0.2) is 0 Å². The van der Waals surface area contributed by atoms with Gasteiger partial charge in [-0.15, -0.1) is 0 Å². The molecule has 0 aromatic heterocycles. The van der Waals surface area contributed by atoms with Crippen LogP contribution in [0.5, 0.6) is 0 Å². The van der Waals surface area contributed by atoms with Gasteiger partial charge in [-0.2, -0.15) is 0 Å². The topological polar surface area (TPSA) is 240 Å². The van der Waals surface area contributed by atoms with Crippen molar-refractivity contribution < 1.29 is 47.7 Å². The summed E-state index contributed by atoms with van der Waals surface area (Å²) in [5.74, 6) is -4.70. The first-order valence-electron chi connectivity index (χ1n) is 16.0. The van der Waals surface area contributed by atoms with Crippen LogP contribution in [-0.4, -0.2) is 102 Å². The molecule has 7 atom stereocenters. The molecule has 1 aromatic rings. The minimum atomic E-state index is -3.55. The van der Waals surface area contributed by atoms with Crippen molar-refractivity contribution in [3.8, 4) is 0 Å². The Labute approximate surface area is 282 Å². The van der Waals surface area contributed by atoms with E-state index in [1.54, 1.807) is 13.8 Å².